The van der Waals surface area contributed by atoms with Crippen LogP contribution in [0.2, 0.25) is 0 Å². The highest BCUT2D eigenvalue weighted by atomic mass is 32.1. The molecule has 0 aromatic carbocycles. The number of rotatable bonds is 5. The monoisotopic (exact) mass is 378 g/mol. The van der Waals surface area contributed by atoms with E-state index in [9.17, 15) is 13.2 Å². The maximum Gasteiger partial charge on any atom is 0.433 e. The largest absolute Gasteiger partial charge is 0.433 e. The molecule has 3 heterocycles. The molecule has 3 aromatic rings. The van der Waals surface area contributed by atoms with E-state index in [1.807, 2.05) is 24.4 Å². The number of thiophene rings is 1. The molecule has 0 amide bonds. The molecule has 0 radical (unpaired) electrons. The third kappa shape index (κ3) is 4.19. The minimum Gasteiger partial charge on any atom is -0.356 e. The fourth-order valence-electron chi connectivity index (χ4n) is 2.45. The molecule has 3 aromatic heterocycles. The Morgan fingerprint density at radius 1 is 1.15 bits per heavy atom. The third-order valence-corrected chi connectivity index (χ3v) is 4.89. The lowest BCUT2D eigenvalue weighted by atomic mass is 10.2. The smallest absolute Gasteiger partial charge is 0.356 e. The molecule has 0 aliphatic carbocycles. The van der Waals surface area contributed by atoms with E-state index >= 15 is 0 Å². The maximum absolute atomic E-state index is 13.3. The van der Waals surface area contributed by atoms with Crippen molar-refractivity contribution in [3.8, 4) is 11.5 Å². The lowest BCUT2D eigenvalue weighted by Gasteiger charge is -2.26. The van der Waals surface area contributed by atoms with Crippen LogP contribution in [0, 0.1) is 0 Å². The number of pyridine rings is 1. The van der Waals surface area contributed by atoms with Gasteiger partial charge in [0.05, 0.1) is 0 Å². The SMILES string of the molecule is CC(Cc1cccs1)N(C)c1cc(C(F)(F)F)nc(-c2ccccn2)n1. The Labute approximate surface area is 153 Å². The summed E-state index contributed by atoms with van der Waals surface area (Å²) < 4.78 is 39.9. The predicted octanol–water partition coefficient (Wildman–Crippen LogP) is 4.69. The van der Waals surface area contributed by atoms with Gasteiger partial charge in [-0.2, -0.15) is 13.2 Å². The fourth-order valence-corrected chi connectivity index (χ4v) is 3.28. The van der Waals surface area contributed by atoms with Gasteiger partial charge in [0.25, 0.3) is 0 Å². The van der Waals surface area contributed by atoms with Gasteiger partial charge in [-0.25, -0.2) is 9.97 Å². The van der Waals surface area contributed by atoms with Gasteiger partial charge < -0.3 is 4.90 Å². The molecular formula is C18H17F3N4S. The van der Waals surface area contributed by atoms with E-state index in [4.69, 9.17) is 0 Å². The van der Waals surface area contributed by atoms with E-state index in [1.54, 1.807) is 41.5 Å². The van der Waals surface area contributed by atoms with Crippen molar-refractivity contribution in [2.24, 2.45) is 0 Å². The van der Waals surface area contributed by atoms with Crippen molar-refractivity contribution in [3.05, 3.63) is 58.5 Å². The van der Waals surface area contributed by atoms with E-state index in [-0.39, 0.29) is 17.7 Å². The second-order valence-electron chi connectivity index (χ2n) is 5.89. The number of likely N-dealkylation sites (N-methyl/N-ethyl adjacent to an activating group) is 1. The molecule has 0 N–H and O–H groups in total. The van der Waals surface area contributed by atoms with E-state index in [0.29, 0.717) is 5.69 Å². The molecule has 0 saturated carbocycles. The van der Waals surface area contributed by atoms with Crippen molar-refractivity contribution in [2.45, 2.75) is 25.6 Å². The third-order valence-electron chi connectivity index (χ3n) is 4.00. The second-order valence-corrected chi connectivity index (χ2v) is 6.92. The highest BCUT2D eigenvalue weighted by molar-refractivity contribution is 7.09. The number of alkyl halides is 3. The molecule has 0 fully saturated rings. The molecule has 4 nitrogen and oxygen atoms in total. The topological polar surface area (TPSA) is 41.9 Å². The Balaban J connectivity index is 1.97. The molecule has 1 atom stereocenters. The van der Waals surface area contributed by atoms with Gasteiger partial charge in [0, 0.05) is 36.7 Å². The Hall–Kier alpha value is -2.48. The van der Waals surface area contributed by atoms with Crippen LogP contribution in [-0.2, 0) is 12.6 Å². The molecular weight excluding hydrogens is 361 g/mol. The molecule has 0 saturated heterocycles. The van der Waals surface area contributed by atoms with Crippen molar-refractivity contribution in [3.63, 3.8) is 0 Å². The van der Waals surface area contributed by atoms with Crippen LogP contribution < -0.4 is 4.90 Å². The zero-order chi connectivity index (χ0) is 18.7. The van der Waals surface area contributed by atoms with Gasteiger partial charge in [-0.15, -0.1) is 11.3 Å². The Morgan fingerprint density at radius 2 is 1.96 bits per heavy atom. The van der Waals surface area contributed by atoms with Crippen LogP contribution in [0.15, 0.2) is 48.0 Å². The normalized spacial score (nSPS) is 12.8. The fraction of sp³-hybridized carbons (Fsp3) is 0.278. The molecule has 0 aliphatic rings. The first-order chi connectivity index (χ1) is 12.3. The van der Waals surface area contributed by atoms with Gasteiger partial charge in [-0.1, -0.05) is 12.1 Å². The van der Waals surface area contributed by atoms with Crippen LogP contribution in [-0.4, -0.2) is 28.0 Å². The summed E-state index contributed by atoms with van der Waals surface area (Å²) >= 11 is 1.62. The van der Waals surface area contributed by atoms with Crippen LogP contribution in [0.5, 0.6) is 0 Å². The first kappa shape index (κ1) is 18.3. The lowest BCUT2D eigenvalue weighted by molar-refractivity contribution is -0.141. The molecule has 8 heteroatoms. The standard InChI is InChI=1S/C18H17F3N4S/c1-12(10-13-6-5-9-26-13)25(2)16-11-15(18(19,20)21)23-17(24-16)14-7-3-4-8-22-14/h3-9,11-12H,10H2,1-2H3. The molecule has 1 unspecified atom stereocenters. The van der Waals surface area contributed by atoms with Gasteiger partial charge in [-0.3, -0.25) is 4.98 Å². The zero-order valence-corrected chi connectivity index (χ0v) is 15.1. The number of aromatic nitrogens is 3. The zero-order valence-electron chi connectivity index (χ0n) is 14.2. The Bertz CT molecular complexity index is 851. The van der Waals surface area contributed by atoms with Gasteiger partial charge >= 0.3 is 6.18 Å². The lowest BCUT2D eigenvalue weighted by Crippen LogP contribution is -2.31. The first-order valence-corrected chi connectivity index (χ1v) is 8.85. The average molecular weight is 378 g/mol. The number of hydrogen-bond acceptors (Lipinski definition) is 5. The number of nitrogens with zero attached hydrogens (tertiary/aromatic N) is 4. The van der Waals surface area contributed by atoms with E-state index in [2.05, 4.69) is 15.0 Å². The molecule has 136 valence electrons. The minimum absolute atomic E-state index is 0.0267. The molecule has 3 rings (SSSR count). The van der Waals surface area contributed by atoms with Crippen molar-refractivity contribution >= 4 is 17.2 Å². The number of hydrogen-bond donors (Lipinski definition) is 0. The predicted molar refractivity (Wildman–Crippen MR) is 96.2 cm³/mol. The molecule has 0 spiro atoms. The first-order valence-electron chi connectivity index (χ1n) is 7.97. The van der Waals surface area contributed by atoms with Crippen LogP contribution in [0.3, 0.4) is 0 Å². The summed E-state index contributed by atoms with van der Waals surface area (Å²) in [5, 5.41) is 1.98. The van der Waals surface area contributed by atoms with Crippen molar-refractivity contribution in [2.75, 3.05) is 11.9 Å². The number of anilines is 1. The molecule has 26 heavy (non-hydrogen) atoms. The van der Waals surface area contributed by atoms with Crippen LogP contribution in [0.25, 0.3) is 11.5 Å². The van der Waals surface area contributed by atoms with Gasteiger partial charge in [0.2, 0.25) is 0 Å². The van der Waals surface area contributed by atoms with Crippen molar-refractivity contribution < 1.29 is 13.2 Å². The summed E-state index contributed by atoms with van der Waals surface area (Å²) in [7, 11) is 1.74. The van der Waals surface area contributed by atoms with Crippen molar-refractivity contribution in [1.82, 2.24) is 15.0 Å². The van der Waals surface area contributed by atoms with E-state index < -0.39 is 11.9 Å². The van der Waals surface area contributed by atoms with Gasteiger partial charge in [-0.05, 0) is 30.5 Å². The summed E-state index contributed by atoms with van der Waals surface area (Å²) in [6.07, 6.45) is -2.33. The van der Waals surface area contributed by atoms with Gasteiger partial charge in [0.1, 0.15) is 11.5 Å². The maximum atomic E-state index is 13.3. The Morgan fingerprint density at radius 3 is 2.58 bits per heavy atom. The van der Waals surface area contributed by atoms with E-state index in [1.165, 1.54) is 11.1 Å². The van der Waals surface area contributed by atoms with Crippen LogP contribution in [0.1, 0.15) is 17.5 Å². The summed E-state index contributed by atoms with van der Waals surface area (Å²) in [4.78, 5) is 15.0. The van der Waals surface area contributed by atoms with E-state index in [0.717, 1.165) is 12.5 Å². The summed E-state index contributed by atoms with van der Waals surface area (Å²) in [5.41, 5.74) is -0.669. The number of halogens is 3. The van der Waals surface area contributed by atoms with Crippen LogP contribution in [0.4, 0.5) is 19.0 Å². The summed E-state index contributed by atoms with van der Waals surface area (Å²) in [6, 6.07) is 9.89. The Kier molecular flexibility index (Phi) is 5.22. The van der Waals surface area contributed by atoms with Crippen molar-refractivity contribution in [1.29, 1.82) is 0 Å². The average Bonchev–Trinajstić information content (AvgIpc) is 3.13. The quantitative estimate of drug-likeness (QED) is 0.646. The summed E-state index contributed by atoms with van der Waals surface area (Å²) in [5.74, 6) is 0.183. The van der Waals surface area contributed by atoms with Gasteiger partial charge in [0.15, 0.2) is 11.5 Å². The van der Waals surface area contributed by atoms with Crippen LogP contribution >= 0.6 is 11.3 Å². The molecule has 0 bridgehead atoms. The highest BCUT2D eigenvalue weighted by Gasteiger charge is 2.34. The highest BCUT2D eigenvalue weighted by Crippen LogP contribution is 2.31. The summed E-state index contributed by atoms with van der Waals surface area (Å²) in [6.45, 7) is 1.95. The minimum atomic E-state index is -4.56. The second kappa shape index (κ2) is 7.41. The molecule has 0 aliphatic heterocycles.